The number of amides is 5. The fourth-order valence-electron chi connectivity index (χ4n) is 8.03. The van der Waals surface area contributed by atoms with Gasteiger partial charge in [0.2, 0.25) is 39.6 Å². The van der Waals surface area contributed by atoms with Gasteiger partial charge in [0.25, 0.3) is 0 Å². The van der Waals surface area contributed by atoms with Gasteiger partial charge in [0, 0.05) is 87.2 Å². The van der Waals surface area contributed by atoms with E-state index >= 15 is 0 Å². The Morgan fingerprint density at radius 2 is 1.26 bits per heavy atom. The van der Waals surface area contributed by atoms with Gasteiger partial charge in [0.1, 0.15) is 23.4 Å². The lowest BCUT2D eigenvalue weighted by Crippen LogP contribution is -2.44. The van der Waals surface area contributed by atoms with E-state index in [-0.39, 0.29) is 111 Å². The molecule has 1 heterocycles. The van der Waals surface area contributed by atoms with Gasteiger partial charge >= 0.3 is 11.9 Å². The molecular formula is C50H77N5O15S3. The Morgan fingerprint density at radius 1 is 0.699 bits per heavy atom. The van der Waals surface area contributed by atoms with Crippen LogP contribution in [0.2, 0.25) is 0 Å². The number of Topliss-reactive ketones (excluding diaryl/α,β-unsaturated/α-hetero) is 3. The summed E-state index contributed by atoms with van der Waals surface area (Å²) in [4.78, 5) is 126. The van der Waals surface area contributed by atoms with Crippen molar-refractivity contribution in [2.24, 2.45) is 23.5 Å². The highest BCUT2D eigenvalue weighted by Crippen LogP contribution is 2.34. The molecule has 9 N–H and O–H groups in total. The molecule has 5 atom stereocenters. The summed E-state index contributed by atoms with van der Waals surface area (Å²) in [7, 11) is -1.26. The summed E-state index contributed by atoms with van der Waals surface area (Å²) in [5.41, 5.74) is 6.29. The molecule has 1 saturated heterocycles. The first-order chi connectivity index (χ1) is 34.7. The number of primary amides is 1. The fourth-order valence-corrected chi connectivity index (χ4v) is 11.8. The number of phenolic OH excluding ortho intramolecular Hbond substituents is 1. The van der Waals surface area contributed by atoms with Crippen LogP contribution in [0.3, 0.4) is 0 Å². The zero-order chi connectivity index (χ0) is 54.2. The Morgan fingerprint density at radius 3 is 1.89 bits per heavy atom. The van der Waals surface area contributed by atoms with E-state index in [9.17, 15) is 71.7 Å². The Hall–Kier alpha value is -5.03. The minimum atomic E-state index is -3.87. The number of unbranched alkanes of at least 4 members (excludes halogenated alkanes) is 10. The van der Waals surface area contributed by atoms with Crippen LogP contribution in [0.5, 0.6) is 5.75 Å². The zero-order valence-corrected chi connectivity index (χ0v) is 44.5. The van der Waals surface area contributed by atoms with Crippen molar-refractivity contribution in [3.63, 3.8) is 0 Å². The minimum absolute atomic E-state index is 0.0193. The van der Waals surface area contributed by atoms with Crippen molar-refractivity contribution in [3.8, 4) is 5.75 Å². The number of sulfonamides is 1. The predicted molar refractivity (Wildman–Crippen MR) is 277 cm³/mol. The number of aliphatic carboxylic acids is 2. The van der Waals surface area contributed by atoms with Gasteiger partial charge in [0.05, 0.1) is 11.8 Å². The number of carbonyl (C=O) groups is 10. The molecule has 2 rings (SSSR count). The van der Waals surface area contributed by atoms with Gasteiger partial charge in [-0.15, -0.1) is 0 Å². The quantitative estimate of drug-likeness (QED) is 0.0315. The maximum Gasteiger partial charge on any atom is 0.326 e. The number of hydrogen-bond donors (Lipinski definition) is 8. The number of carbonyl (C=O) groups excluding carboxylic acids is 8. The largest absolute Gasteiger partial charge is 0.508 e. The molecule has 1 aromatic rings. The SMILES string of the molecule is CCCCCCCCCCCC(=O)NS(=O)(=O)CCCC(=O)NCCCCCC(=O)NC(CCC(=O)N[C@@H](CCC(=O)O)C(=O)C[C@H]1CSSC[C@@H](C(=O)C[C@@H](Cc2ccc(O)cc2)C(N)=O)CC1=O)C(=O)O. The van der Waals surface area contributed by atoms with Crippen molar-refractivity contribution in [1.82, 2.24) is 20.7 Å². The summed E-state index contributed by atoms with van der Waals surface area (Å²) in [6.07, 6.45) is 8.68. The Labute approximate surface area is 436 Å². The first-order valence-electron chi connectivity index (χ1n) is 25.4. The summed E-state index contributed by atoms with van der Waals surface area (Å²) >= 11 is 0. The Bertz CT molecular complexity index is 2090. The van der Waals surface area contributed by atoms with Crippen molar-refractivity contribution in [3.05, 3.63) is 29.8 Å². The van der Waals surface area contributed by atoms with Crippen molar-refractivity contribution < 1.29 is 71.7 Å². The smallest absolute Gasteiger partial charge is 0.326 e. The minimum Gasteiger partial charge on any atom is -0.508 e. The third-order valence-corrected chi connectivity index (χ3v) is 16.3. The van der Waals surface area contributed by atoms with Crippen molar-refractivity contribution >= 4 is 90.4 Å². The van der Waals surface area contributed by atoms with Crippen LogP contribution in [-0.4, -0.2) is 118 Å². The number of benzene rings is 1. The van der Waals surface area contributed by atoms with E-state index in [1.165, 1.54) is 59.4 Å². The second-order valence-corrected chi connectivity index (χ2v) is 23.1. The molecule has 1 unspecified atom stereocenters. The van der Waals surface area contributed by atoms with Crippen LogP contribution in [0.4, 0.5) is 0 Å². The molecule has 0 spiro atoms. The predicted octanol–water partition coefficient (Wildman–Crippen LogP) is 5.06. The summed E-state index contributed by atoms with van der Waals surface area (Å²) in [5.74, 6) is -9.37. The molecule has 73 heavy (non-hydrogen) atoms. The number of phenols is 1. The standard InChI is InChI=1S/C50H77N5O15S3/c1-2-3-4-5-6-7-8-9-11-16-47(63)55-73(69,70)27-14-17-44(60)52-26-13-10-12-15-45(61)54-40(50(67)68)22-24-46(62)53-39(23-25-48(64)65)43(59)31-37-33-72-71-32-36(30-42(37)58)41(57)29-35(49(51)66)28-34-18-20-38(56)21-19-34/h18-21,35-37,39-40,56H,2-17,22-33H2,1H3,(H2,51,66)(H,52,60)(H,53,62)(H,54,61)(H,55,63)(H,64,65)(H,67,68)/t35-,36+,37+,39+,40?/m1/s1. The van der Waals surface area contributed by atoms with Crippen molar-refractivity contribution in [2.75, 3.05) is 23.8 Å². The third-order valence-electron chi connectivity index (χ3n) is 12.4. The second-order valence-electron chi connectivity index (χ2n) is 18.7. The molecule has 1 aromatic carbocycles. The maximum atomic E-state index is 13.6. The van der Waals surface area contributed by atoms with Crippen LogP contribution < -0.4 is 26.4 Å². The number of rotatable bonds is 39. The van der Waals surface area contributed by atoms with Gasteiger partial charge in [0.15, 0.2) is 5.78 Å². The molecule has 1 aliphatic rings. The number of nitrogens with one attached hydrogen (secondary N) is 4. The van der Waals surface area contributed by atoms with Gasteiger partial charge < -0.3 is 37.0 Å². The molecule has 0 bridgehead atoms. The van der Waals surface area contributed by atoms with Crippen LogP contribution in [-0.2, 0) is 64.4 Å². The fraction of sp³-hybridized carbons (Fsp3) is 0.680. The van der Waals surface area contributed by atoms with E-state index < -0.39 is 94.1 Å². The molecule has 23 heteroatoms. The molecule has 5 amide bonds. The topological polar surface area (TPSA) is 340 Å². The van der Waals surface area contributed by atoms with Gasteiger partial charge in [-0.2, -0.15) is 0 Å². The summed E-state index contributed by atoms with van der Waals surface area (Å²) in [6, 6.07) is 3.32. The van der Waals surface area contributed by atoms with E-state index in [4.69, 9.17) is 5.73 Å². The first-order valence-corrected chi connectivity index (χ1v) is 29.6. The number of carboxylic acids is 2. The van der Waals surface area contributed by atoms with Crippen LogP contribution in [0.1, 0.15) is 160 Å². The average molecular weight is 1080 g/mol. The molecule has 1 aliphatic heterocycles. The van der Waals surface area contributed by atoms with Crippen molar-refractivity contribution in [2.45, 2.75) is 173 Å². The number of carboxylic acid groups (broad SMARTS) is 2. The monoisotopic (exact) mass is 1080 g/mol. The van der Waals surface area contributed by atoms with Gasteiger partial charge in [-0.05, 0) is 62.6 Å². The second kappa shape index (κ2) is 36.0. The van der Waals surface area contributed by atoms with E-state index in [0.717, 1.165) is 25.7 Å². The van der Waals surface area contributed by atoms with Crippen LogP contribution >= 0.6 is 21.6 Å². The third kappa shape index (κ3) is 29.5. The maximum absolute atomic E-state index is 13.6. The van der Waals surface area contributed by atoms with Gasteiger partial charge in [-0.1, -0.05) is 98.4 Å². The highest BCUT2D eigenvalue weighted by molar-refractivity contribution is 8.76. The number of ketones is 3. The molecule has 0 saturated carbocycles. The van der Waals surface area contributed by atoms with E-state index in [0.29, 0.717) is 31.2 Å². The van der Waals surface area contributed by atoms with E-state index in [1.807, 2.05) is 0 Å². The summed E-state index contributed by atoms with van der Waals surface area (Å²) < 4.78 is 26.7. The van der Waals surface area contributed by atoms with Gasteiger partial charge in [-0.25, -0.2) is 13.2 Å². The number of aromatic hydroxyl groups is 1. The Balaban J connectivity index is 1.75. The summed E-state index contributed by atoms with van der Waals surface area (Å²) in [5, 5.41) is 36.2. The van der Waals surface area contributed by atoms with E-state index in [2.05, 4.69) is 27.6 Å². The lowest BCUT2D eigenvalue weighted by molar-refractivity contribution is -0.142. The molecule has 20 nitrogen and oxygen atoms in total. The normalized spacial score (nSPS) is 16.2. The van der Waals surface area contributed by atoms with Crippen LogP contribution in [0.25, 0.3) is 0 Å². The lowest BCUT2D eigenvalue weighted by Gasteiger charge is -2.25. The molecule has 0 aromatic heterocycles. The molecule has 0 radical (unpaired) electrons. The zero-order valence-electron chi connectivity index (χ0n) is 42.0. The number of nitrogens with two attached hydrogens (primary N) is 1. The molecule has 0 aliphatic carbocycles. The van der Waals surface area contributed by atoms with Crippen molar-refractivity contribution in [1.29, 1.82) is 0 Å². The van der Waals surface area contributed by atoms with Crippen LogP contribution in [0, 0.1) is 17.8 Å². The first kappa shape index (κ1) is 64.1. The number of hydrogen-bond acceptors (Lipinski definition) is 15. The van der Waals surface area contributed by atoms with Gasteiger partial charge in [-0.3, -0.25) is 47.9 Å². The van der Waals surface area contributed by atoms with E-state index in [1.54, 1.807) is 12.1 Å². The average Bonchev–Trinajstić information content (AvgIpc) is 3.31. The Kier molecular flexibility index (Phi) is 31.6. The summed E-state index contributed by atoms with van der Waals surface area (Å²) in [6.45, 7) is 2.43. The van der Waals surface area contributed by atoms with Crippen LogP contribution in [0.15, 0.2) is 24.3 Å². The highest BCUT2D eigenvalue weighted by atomic mass is 33.1. The highest BCUT2D eigenvalue weighted by Gasteiger charge is 2.34. The molecule has 410 valence electrons. The molecule has 1 fully saturated rings. The molecular weight excluding hydrogens is 1010 g/mol. The lowest BCUT2D eigenvalue weighted by atomic mass is 9.85.